The Hall–Kier alpha value is -1.98. The van der Waals surface area contributed by atoms with Crippen molar-refractivity contribution in [3.8, 4) is 0 Å². The number of thioether (sulfide) groups is 2. The van der Waals surface area contributed by atoms with E-state index in [2.05, 4.69) is 43.3 Å². The monoisotopic (exact) mass is 394 g/mol. The fourth-order valence-corrected chi connectivity index (χ4v) is 5.39. The zero-order valence-electron chi connectivity index (χ0n) is 15.4. The van der Waals surface area contributed by atoms with Crippen LogP contribution >= 0.6 is 23.5 Å². The highest BCUT2D eigenvalue weighted by molar-refractivity contribution is 7.99. The van der Waals surface area contributed by atoms with E-state index in [1.807, 2.05) is 22.8 Å². The fourth-order valence-electron chi connectivity index (χ4n) is 3.23. The van der Waals surface area contributed by atoms with E-state index in [1.54, 1.807) is 23.5 Å². The maximum Gasteiger partial charge on any atom is 0.268 e. The van der Waals surface area contributed by atoms with Crippen LogP contribution in [-0.4, -0.2) is 15.3 Å². The van der Waals surface area contributed by atoms with E-state index in [0.717, 1.165) is 40.1 Å². The lowest BCUT2D eigenvalue weighted by Gasteiger charge is -2.14. The molecule has 2 aromatic carbocycles. The summed E-state index contributed by atoms with van der Waals surface area (Å²) in [4.78, 5) is 18.8. The average molecular weight is 395 g/mol. The summed E-state index contributed by atoms with van der Waals surface area (Å²) in [6.45, 7) is 2.80. The molecule has 0 aliphatic carbocycles. The van der Waals surface area contributed by atoms with Gasteiger partial charge in [0.15, 0.2) is 5.16 Å². The van der Waals surface area contributed by atoms with Crippen molar-refractivity contribution < 1.29 is 0 Å². The Morgan fingerprint density at radius 1 is 1.11 bits per heavy atom. The summed E-state index contributed by atoms with van der Waals surface area (Å²) in [5.74, 6) is 1.79. The molecule has 1 aliphatic heterocycles. The molecule has 0 fully saturated rings. The normalized spacial score (nSPS) is 12.9. The van der Waals surface area contributed by atoms with E-state index in [0.29, 0.717) is 6.54 Å². The Balaban J connectivity index is 1.62. The molecule has 1 aliphatic rings. The average Bonchev–Trinajstić information content (AvgIpc) is 3.16. The number of rotatable bonds is 6. The van der Waals surface area contributed by atoms with Crippen LogP contribution in [0.3, 0.4) is 0 Å². The number of aromatic nitrogens is 2. The molecule has 2 heterocycles. The second-order valence-corrected chi connectivity index (χ2v) is 8.72. The molecule has 0 saturated heterocycles. The van der Waals surface area contributed by atoms with Crippen LogP contribution < -0.4 is 5.56 Å². The van der Waals surface area contributed by atoms with E-state index in [4.69, 9.17) is 4.98 Å². The first-order valence-corrected chi connectivity index (χ1v) is 11.2. The molecule has 0 spiro atoms. The van der Waals surface area contributed by atoms with E-state index < -0.39 is 0 Å². The minimum Gasteiger partial charge on any atom is -0.286 e. The van der Waals surface area contributed by atoms with E-state index >= 15 is 0 Å². The van der Waals surface area contributed by atoms with Crippen molar-refractivity contribution in [2.24, 2.45) is 0 Å². The Labute approximate surface area is 168 Å². The summed E-state index contributed by atoms with van der Waals surface area (Å²) in [6, 6.07) is 18.7. The van der Waals surface area contributed by atoms with E-state index in [-0.39, 0.29) is 5.56 Å². The first-order chi connectivity index (χ1) is 13.2. The summed E-state index contributed by atoms with van der Waals surface area (Å²) in [6.07, 6.45) is 1.73. The summed E-state index contributed by atoms with van der Waals surface area (Å²) >= 11 is 3.32. The van der Waals surface area contributed by atoms with Gasteiger partial charge >= 0.3 is 0 Å². The van der Waals surface area contributed by atoms with Crippen molar-refractivity contribution in [2.45, 2.75) is 42.1 Å². The van der Waals surface area contributed by atoms with Crippen molar-refractivity contribution in [2.75, 3.05) is 5.75 Å². The van der Waals surface area contributed by atoms with Gasteiger partial charge in [-0.3, -0.25) is 9.36 Å². The van der Waals surface area contributed by atoms with Gasteiger partial charge in [-0.15, -0.1) is 11.8 Å². The Morgan fingerprint density at radius 3 is 2.70 bits per heavy atom. The van der Waals surface area contributed by atoms with Crippen LogP contribution in [0, 0.1) is 6.92 Å². The molecular weight excluding hydrogens is 372 g/mol. The smallest absolute Gasteiger partial charge is 0.268 e. The summed E-state index contributed by atoms with van der Waals surface area (Å²) in [5, 5.41) is 0.848. The van der Waals surface area contributed by atoms with Gasteiger partial charge in [0, 0.05) is 24.5 Å². The van der Waals surface area contributed by atoms with Gasteiger partial charge in [0.1, 0.15) is 0 Å². The van der Waals surface area contributed by atoms with Crippen molar-refractivity contribution >= 4 is 23.5 Å². The molecule has 27 heavy (non-hydrogen) atoms. The van der Waals surface area contributed by atoms with Crippen LogP contribution in [0.2, 0.25) is 0 Å². The van der Waals surface area contributed by atoms with Gasteiger partial charge < -0.3 is 0 Å². The van der Waals surface area contributed by atoms with E-state index in [1.165, 1.54) is 16.7 Å². The molecule has 138 valence electrons. The molecule has 0 atom stereocenters. The highest BCUT2D eigenvalue weighted by Crippen LogP contribution is 2.30. The highest BCUT2D eigenvalue weighted by Gasteiger charge is 2.21. The fraction of sp³-hybridized carbons (Fsp3) is 0.273. The lowest BCUT2D eigenvalue weighted by atomic mass is 10.1. The second-order valence-electron chi connectivity index (χ2n) is 6.68. The van der Waals surface area contributed by atoms with Gasteiger partial charge in [-0.05, 0) is 30.0 Å². The van der Waals surface area contributed by atoms with Crippen molar-refractivity contribution in [1.29, 1.82) is 0 Å². The quantitative estimate of drug-likeness (QED) is 0.447. The third kappa shape index (κ3) is 4.14. The molecule has 0 N–H and O–H groups in total. The van der Waals surface area contributed by atoms with Crippen LogP contribution in [0.4, 0.5) is 0 Å². The predicted octanol–water partition coefficient (Wildman–Crippen LogP) is 4.73. The number of nitrogens with zero attached hydrogens (tertiary/aromatic N) is 2. The first-order valence-electron chi connectivity index (χ1n) is 9.20. The Kier molecular flexibility index (Phi) is 5.69. The number of benzene rings is 2. The second kappa shape index (κ2) is 8.36. The number of fused-ring (bicyclic) bond motifs is 1. The lowest BCUT2D eigenvalue weighted by molar-refractivity contribution is 0.565. The Morgan fingerprint density at radius 2 is 1.89 bits per heavy atom. The molecule has 3 aromatic rings. The number of hydrogen-bond acceptors (Lipinski definition) is 4. The minimum absolute atomic E-state index is 0.130. The Bertz CT molecular complexity index is 999. The molecule has 0 radical (unpaired) electrons. The van der Waals surface area contributed by atoms with Crippen LogP contribution in [-0.2, 0) is 25.1 Å². The summed E-state index contributed by atoms with van der Waals surface area (Å²) in [5.41, 5.74) is 4.92. The van der Waals surface area contributed by atoms with Gasteiger partial charge in [-0.2, -0.15) is 0 Å². The highest BCUT2D eigenvalue weighted by atomic mass is 32.2. The topological polar surface area (TPSA) is 34.9 Å². The standard InChI is InChI=1S/C22H22N2OS2/c1-16-7-5-6-10-18(16)15-27-22-23-19-12-14-26-20(19)21(25)24(22)13-11-17-8-3-2-4-9-17/h2-10H,11-15H2,1H3. The summed E-state index contributed by atoms with van der Waals surface area (Å²) in [7, 11) is 0. The molecular formula is C22H22N2OS2. The van der Waals surface area contributed by atoms with Gasteiger partial charge in [0.05, 0.1) is 10.6 Å². The molecule has 3 nitrogen and oxygen atoms in total. The van der Waals surface area contributed by atoms with Gasteiger partial charge in [0.25, 0.3) is 5.56 Å². The maximum absolute atomic E-state index is 13.1. The van der Waals surface area contributed by atoms with Gasteiger partial charge in [-0.25, -0.2) is 4.98 Å². The van der Waals surface area contributed by atoms with Gasteiger partial charge in [0.2, 0.25) is 0 Å². The molecule has 0 saturated carbocycles. The molecule has 5 heteroatoms. The van der Waals surface area contributed by atoms with Crippen LogP contribution in [0.15, 0.2) is 69.4 Å². The zero-order valence-corrected chi connectivity index (χ0v) is 17.0. The van der Waals surface area contributed by atoms with E-state index in [9.17, 15) is 4.79 Å². The number of hydrogen-bond donors (Lipinski definition) is 0. The van der Waals surface area contributed by atoms with Crippen molar-refractivity contribution in [3.63, 3.8) is 0 Å². The minimum atomic E-state index is 0.130. The van der Waals surface area contributed by atoms with Crippen LogP contribution in [0.5, 0.6) is 0 Å². The maximum atomic E-state index is 13.1. The molecule has 1 aromatic heterocycles. The first kappa shape index (κ1) is 18.4. The molecule has 4 rings (SSSR count). The largest absolute Gasteiger partial charge is 0.286 e. The lowest BCUT2D eigenvalue weighted by Crippen LogP contribution is -2.26. The van der Waals surface area contributed by atoms with Crippen LogP contribution in [0.1, 0.15) is 22.4 Å². The third-order valence-electron chi connectivity index (χ3n) is 4.83. The zero-order chi connectivity index (χ0) is 18.6. The number of aryl methyl sites for hydroxylation is 3. The SMILES string of the molecule is Cc1ccccc1CSc1nc2c(c(=O)n1CCc1ccccc1)SCC2. The summed E-state index contributed by atoms with van der Waals surface area (Å²) < 4.78 is 1.88. The molecule has 0 unspecified atom stereocenters. The van der Waals surface area contributed by atoms with Crippen molar-refractivity contribution in [3.05, 3.63) is 87.3 Å². The van der Waals surface area contributed by atoms with Crippen molar-refractivity contribution in [1.82, 2.24) is 9.55 Å². The molecule has 0 amide bonds. The third-order valence-corrected chi connectivity index (χ3v) is 6.97. The predicted molar refractivity (Wildman–Crippen MR) is 114 cm³/mol. The molecule has 0 bridgehead atoms. The van der Waals surface area contributed by atoms with Gasteiger partial charge in [-0.1, -0.05) is 66.4 Å². The van der Waals surface area contributed by atoms with Crippen LogP contribution in [0.25, 0.3) is 0 Å².